The normalized spacial score (nSPS) is 14.4. The van der Waals surface area contributed by atoms with Crippen LogP contribution in [0.4, 0.5) is 87.8 Å². The second-order valence-electron chi connectivity index (χ2n) is 7.06. The molecular formula is C16H7F20NaO4S. The summed E-state index contributed by atoms with van der Waals surface area (Å²) in [5.74, 6) is -65.1. The summed E-state index contributed by atoms with van der Waals surface area (Å²) in [5, 5.41) is 8.75. The van der Waals surface area contributed by atoms with Crippen molar-refractivity contribution in [2.75, 3.05) is 0 Å². The number of benzene rings is 1. The predicted molar refractivity (Wildman–Crippen MR) is 96.1 cm³/mol. The van der Waals surface area contributed by atoms with Crippen LogP contribution in [-0.4, -0.2) is 95.3 Å². The van der Waals surface area contributed by atoms with Crippen molar-refractivity contribution in [1.29, 1.82) is 0 Å². The fourth-order valence-corrected chi connectivity index (χ4v) is 2.52. The van der Waals surface area contributed by atoms with Gasteiger partial charge >= 0.3 is 83.3 Å². The molecule has 0 saturated carbocycles. The van der Waals surface area contributed by atoms with Crippen molar-refractivity contribution in [3.63, 3.8) is 0 Å². The molecule has 0 unspecified atom stereocenters. The van der Waals surface area contributed by atoms with E-state index in [1.807, 2.05) is 0 Å². The molecule has 0 saturated heterocycles. The number of hydrogen-bond acceptors (Lipinski definition) is 3. The maximum atomic E-state index is 13.1. The van der Waals surface area contributed by atoms with Crippen molar-refractivity contribution in [1.82, 2.24) is 0 Å². The summed E-state index contributed by atoms with van der Waals surface area (Å²) in [7, 11) is -4.13. The zero-order valence-electron chi connectivity index (χ0n) is 18.0. The average molecular weight is 698 g/mol. The first-order valence-corrected chi connectivity index (χ1v) is 10.2. The van der Waals surface area contributed by atoms with E-state index in [1.165, 1.54) is 12.1 Å². The van der Waals surface area contributed by atoms with Crippen LogP contribution >= 0.6 is 0 Å². The quantitative estimate of drug-likeness (QED) is 0.173. The Morgan fingerprint density at radius 2 is 0.833 bits per heavy atom. The van der Waals surface area contributed by atoms with Crippen molar-refractivity contribution >= 4 is 39.7 Å². The fourth-order valence-electron chi connectivity index (χ4n) is 2.04. The van der Waals surface area contributed by atoms with Crippen molar-refractivity contribution in [3.05, 3.63) is 36.2 Å². The number of phenols is 1. The van der Waals surface area contributed by atoms with Gasteiger partial charge < -0.3 is 5.11 Å². The molecule has 4 nitrogen and oxygen atoms in total. The van der Waals surface area contributed by atoms with E-state index in [0.717, 1.165) is 12.1 Å². The molecule has 1 aromatic rings. The number of phenolic OH excluding ortho intramolecular Hbond substituents is 1. The molecule has 0 aromatic heterocycles. The summed E-state index contributed by atoms with van der Waals surface area (Å²) in [6.07, 6.45) is -12.5. The van der Waals surface area contributed by atoms with Crippen LogP contribution < -0.4 is 0 Å². The number of aromatic hydroxyl groups is 1. The molecule has 0 radical (unpaired) electrons. The first-order valence-electron chi connectivity index (χ1n) is 8.79. The average Bonchev–Trinajstić information content (AvgIpc) is 2.76. The molecule has 0 fully saturated rings. The molecule has 42 heavy (non-hydrogen) atoms. The summed E-state index contributed by atoms with van der Waals surface area (Å²) in [6, 6.07) is 4.60. The Morgan fingerprint density at radius 3 is 1.10 bits per heavy atom. The SMILES string of the molecule is FC(F)=C(F)C(F)(F)C(F)(F)C(F)(F)C(F)(F)C(F)(F)C(F)(F)C(F)(F)C(F)(F)F.O=S(=O)(O)c1ccc(O)cc1.[NaH]. The molecule has 242 valence electrons. The standard InChI is InChI=1S/C10F20.C6H6O4S.Na.H/c11-1(2(12)13)3(14,15)4(16,17)5(18,19)6(20,21)7(22,23)8(24,25)9(26,27)10(28,29)30;7-5-1-3-6(4-2-5)11(8,9)10;;/h;1-4,7H,(H,8,9,10);;. The van der Waals surface area contributed by atoms with E-state index < -0.39 is 69.7 Å². The molecule has 0 aliphatic carbocycles. The number of alkyl halides is 17. The minimum atomic E-state index is -8.95. The van der Waals surface area contributed by atoms with Gasteiger partial charge in [0.2, 0.25) is 5.83 Å². The van der Waals surface area contributed by atoms with Crippen molar-refractivity contribution in [2.24, 2.45) is 0 Å². The summed E-state index contributed by atoms with van der Waals surface area (Å²) < 4.78 is 280. The van der Waals surface area contributed by atoms with E-state index in [1.54, 1.807) is 0 Å². The van der Waals surface area contributed by atoms with E-state index in [0.29, 0.717) is 0 Å². The van der Waals surface area contributed by atoms with Crippen LogP contribution in [0, 0.1) is 0 Å². The van der Waals surface area contributed by atoms with Gasteiger partial charge in [0.1, 0.15) is 5.75 Å². The van der Waals surface area contributed by atoms with E-state index in [9.17, 15) is 96.2 Å². The molecular weight excluding hydrogens is 691 g/mol. The van der Waals surface area contributed by atoms with Gasteiger partial charge in [0.15, 0.2) is 0 Å². The number of hydrogen-bond donors (Lipinski definition) is 2. The Hall–Kier alpha value is -1.73. The molecule has 0 aliphatic rings. The first kappa shape index (κ1) is 42.4. The predicted octanol–water partition coefficient (Wildman–Crippen LogP) is 7.06. The third-order valence-corrected chi connectivity index (χ3v) is 5.17. The second-order valence-corrected chi connectivity index (χ2v) is 8.48. The van der Waals surface area contributed by atoms with Crippen LogP contribution in [0.2, 0.25) is 0 Å². The van der Waals surface area contributed by atoms with Gasteiger partial charge in [0.25, 0.3) is 10.1 Å². The third kappa shape index (κ3) is 6.98. The monoisotopic (exact) mass is 698 g/mol. The number of allylic oxidation sites excluding steroid dienone is 1. The van der Waals surface area contributed by atoms with E-state index in [-0.39, 0.29) is 40.2 Å². The van der Waals surface area contributed by atoms with Crippen molar-refractivity contribution in [3.8, 4) is 5.75 Å². The maximum absolute atomic E-state index is 13.1. The number of rotatable bonds is 8. The zero-order chi connectivity index (χ0) is 33.6. The Kier molecular flexibility index (Phi) is 12.5. The van der Waals surface area contributed by atoms with Gasteiger partial charge in [-0.15, -0.1) is 0 Å². The van der Waals surface area contributed by atoms with Crippen LogP contribution in [0.15, 0.2) is 41.1 Å². The van der Waals surface area contributed by atoms with Crippen molar-refractivity contribution < 1.29 is 106 Å². The molecule has 0 atom stereocenters. The summed E-state index contributed by atoms with van der Waals surface area (Å²) in [5.41, 5.74) is 0. The fraction of sp³-hybridized carbons (Fsp3) is 0.500. The van der Waals surface area contributed by atoms with Crippen LogP contribution in [-0.2, 0) is 10.1 Å². The molecule has 0 amide bonds. The molecule has 0 bridgehead atoms. The van der Waals surface area contributed by atoms with Gasteiger partial charge in [-0.1, -0.05) is 0 Å². The van der Waals surface area contributed by atoms with E-state index >= 15 is 0 Å². The molecule has 0 aliphatic heterocycles. The molecule has 1 aromatic carbocycles. The van der Waals surface area contributed by atoms with E-state index in [4.69, 9.17) is 9.66 Å². The third-order valence-electron chi connectivity index (χ3n) is 4.30. The molecule has 1 rings (SSSR count). The Labute approximate surface area is 240 Å². The molecule has 2 N–H and O–H groups in total. The zero-order valence-corrected chi connectivity index (χ0v) is 18.8. The summed E-state index contributed by atoms with van der Waals surface area (Å²) >= 11 is 0. The molecule has 0 heterocycles. The second kappa shape index (κ2) is 12.3. The Bertz CT molecular complexity index is 1220. The van der Waals surface area contributed by atoms with Gasteiger partial charge in [0, 0.05) is 0 Å². The molecule has 0 spiro atoms. The van der Waals surface area contributed by atoms with Crippen LogP contribution in [0.5, 0.6) is 5.75 Å². The first-order chi connectivity index (χ1) is 17.6. The Balaban J connectivity index is 0. The summed E-state index contributed by atoms with van der Waals surface area (Å²) in [6.45, 7) is 0. The van der Waals surface area contributed by atoms with Crippen LogP contribution in [0.25, 0.3) is 0 Å². The van der Waals surface area contributed by atoms with Gasteiger partial charge in [0.05, 0.1) is 4.90 Å². The molecule has 26 heteroatoms. The van der Waals surface area contributed by atoms with Crippen molar-refractivity contribution in [2.45, 2.75) is 52.5 Å². The summed E-state index contributed by atoms with van der Waals surface area (Å²) in [4.78, 5) is -0.227. The van der Waals surface area contributed by atoms with Crippen LogP contribution in [0.3, 0.4) is 0 Å². The van der Waals surface area contributed by atoms with Gasteiger partial charge in [-0.3, -0.25) is 4.55 Å². The van der Waals surface area contributed by atoms with Gasteiger partial charge in [-0.2, -0.15) is 96.2 Å². The number of halogens is 20. The minimum absolute atomic E-state index is 0. The van der Waals surface area contributed by atoms with Crippen LogP contribution in [0.1, 0.15) is 0 Å². The topological polar surface area (TPSA) is 74.6 Å². The Morgan fingerprint density at radius 1 is 0.548 bits per heavy atom. The van der Waals surface area contributed by atoms with Gasteiger partial charge in [-0.05, 0) is 24.3 Å². The van der Waals surface area contributed by atoms with E-state index in [2.05, 4.69) is 0 Å². The van der Waals surface area contributed by atoms with Gasteiger partial charge in [-0.25, -0.2) is 0 Å².